The Balaban J connectivity index is 3.34. The molecule has 0 N–H and O–H groups in total. The van der Waals surface area contributed by atoms with Crippen LogP contribution in [0.15, 0.2) is 6.07 Å². The summed E-state index contributed by atoms with van der Waals surface area (Å²) in [5.41, 5.74) is 0. The zero-order valence-corrected chi connectivity index (χ0v) is 6.83. The van der Waals surface area contributed by atoms with Crippen LogP contribution in [0.25, 0.3) is 0 Å². The Morgan fingerprint density at radius 3 is 2.50 bits per heavy atom. The fourth-order valence-corrected chi connectivity index (χ4v) is 0.883. The molecule has 0 bridgehead atoms. The van der Waals surface area contributed by atoms with Crippen LogP contribution in [0.1, 0.15) is 0 Å². The molecule has 53 valence electrons. The lowest BCUT2D eigenvalue weighted by Crippen LogP contribution is -2.28. The van der Waals surface area contributed by atoms with Crippen LogP contribution >= 0.6 is 34.8 Å². The van der Waals surface area contributed by atoms with Crippen molar-refractivity contribution in [3.63, 3.8) is 0 Å². The Morgan fingerprint density at radius 1 is 1.40 bits per heavy atom. The predicted molar refractivity (Wildman–Crippen MR) is 39.3 cm³/mol. The second-order valence-corrected chi connectivity index (χ2v) is 2.63. The van der Waals surface area contributed by atoms with E-state index in [1.165, 1.54) is 6.07 Å². The van der Waals surface area contributed by atoms with Gasteiger partial charge in [0.25, 0.3) is 5.15 Å². The van der Waals surface area contributed by atoms with E-state index in [9.17, 15) is 5.21 Å². The summed E-state index contributed by atoms with van der Waals surface area (Å²) < 4.78 is 0.321. The van der Waals surface area contributed by atoms with Gasteiger partial charge in [0, 0.05) is 12.1 Å². The average molecular weight is 197 g/mol. The van der Waals surface area contributed by atoms with Crippen LogP contribution in [0.2, 0.25) is 15.3 Å². The molecule has 1 rings (SSSR count). The minimum Gasteiger partial charge on any atom is -0.617 e. The van der Waals surface area contributed by atoms with E-state index in [2.05, 4.69) is 6.07 Å². The molecule has 0 amide bonds. The molecular formula is C5HCl3NO. The van der Waals surface area contributed by atoms with Gasteiger partial charge in [-0.3, -0.25) is 0 Å². The fourth-order valence-electron chi connectivity index (χ4n) is 0.424. The molecule has 0 aliphatic heterocycles. The Labute approximate surface area is 72.5 Å². The highest BCUT2D eigenvalue weighted by molar-refractivity contribution is 6.40. The van der Waals surface area contributed by atoms with Crippen molar-refractivity contribution >= 4 is 34.8 Å². The lowest BCUT2D eigenvalue weighted by molar-refractivity contribution is -0.600. The summed E-state index contributed by atoms with van der Waals surface area (Å²) in [5.74, 6) is 0. The van der Waals surface area contributed by atoms with Crippen molar-refractivity contribution in [3.8, 4) is 0 Å². The minimum absolute atomic E-state index is 0.0469. The van der Waals surface area contributed by atoms with Crippen LogP contribution in [-0.2, 0) is 0 Å². The third-order valence-corrected chi connectivity index (χ3v) is 1.86. The highest BCUT2D eigenvalue weighted by atomic mass is 35.5. The van der Waals surface area contributed by atoms with Gasteiger partial charge in [-0.25, -0.2) is 0 Å². The van der Waals surface area contributed by atoms with E-state index in [-0.39, 0.29) is 15.3 Å². The number of rotatable bonds is 0. The quantitative estimate of drug-likeness (QED) is 0.355. The summed E-state index contributed by atoms with van der Waals surface area (Å²) in [4.78, 5) is 0. The SMILES string of the molecule is [O-][n+]1c(Cl)c[c]c(Cl)c1Cl. The molecule has 1 heterocycles. The monoisotopic (exact) mass is 196 g/mol. The van der Waals surface area contributed by atoms with Crippen LogP contribution in [0, 0.1) is 11.3 Å². The molecule has 0 saturated heterocycles. The van der Waals surface area contributed by atoms with E-state index in [1.807, 2.05) is 0 Å². The Hall–Kier alpha value is -0.180. The van der Waals surface area contributed by atoms with Crippen LogP contribution in [0.3, 0.4) is 0 Å². The second-order valence-electron chi connectivity index (χ2n) is 1.51. The lowest BCUT2D eigenvalue weighted by atomic mass is 10.5. The molecule has 0 saturated carbocycles. The Morgan fingerprint density at radius 2 is 2.00 bits per heavy atom. The van der Waals surface area contributed by atoms with Crippen molar-refractivity contribution < 1.29 is 4.73 Å². The first-order valence-electron chi connectivity index (χ1n) is 2.27. The molecule has 1 aromatic rings. The molecule has 0 aromatic carbocycles. The number of nitrogens with zero attached hydrogens (tertiary/aromatic N) is 1. The van der Waals surface area contributed by atoms with Crippen molar-refractivity contribution in [3.05, 3.63) is 32.7 Å². The van der Waals surface area contributed by atoms with Gasteiger partial charge in [-0.2, -0.15) is 0 Å². The molecule has 0 aliphatic rings. The summed E-state index contributed by atoms with van der Waals surface area (Å²) in [6, 6.07) is 3.74. The van der Waals surface area contributed by atoms with Gasteiger partial charge >= 0.3 is 5.15 Å². The molecule has 1 aromatic heterocycles. The number of pyridine rings is 1. The maximum absolute atomic E-state index is 10.7. The molecule has 0 unspecified atom stereocenters. The maximum Gasteiger partial charge on any atom is 0.307 e. The van der Waals surface area contributed by atoms with E-state index in [0.29, 0.717) is 4.73 Å². The predicted octanol–water partition coefficient (Wildman–Crippen LogP) is 2.08. The van der Waals surface area contributed by atoms with Crippen LogP contribution in [0.5, 0.6) is 0 Å². The van der Waals surface area contributed by atoms with Gasteiger partial charge in [-0.1, -0.05) is 11.6 Å². The summed E-state index contributed by atoms with van der Waals surface area (Å²) >= 11 is 16.2. The molecular weight excluding hydrogens is 196 g/mol. The van der Waals surface area contributed by atoms with Gasteiger partial charge in [0.2, 0.25) is 0 Å². The summed E-state index contributed by atoms with van der Waals surface area (Å²) in [7, 11) is 0. The van der Waals surface area contributed by atoms with E-state index in [0.717, 1.165) is 0 Å². The van der Waals surface area contributed by atoms with Crippen molar-refractivity contribution in [2.24, 2.45) is 0 Å². The van der Waals surface area contributed by atoms with Gasteiger partial charge in [-0.15, -0.1) is 4.73 Å². The second kappa shape index (κ2) is 2.82. The molecule has 2 nitrogen and oxygen atoms in total. The van der Waals surface area contributed by atoms with E-state index in [4.69, 9.17) is 34.8 Å². The van der Waals surface area contributed by atoms with Crippen LogP contribution in [-0.4, -0.2) is 0 Å². The third-order valence-electron chi connectivity index (χ3n) is 0.871. The highest BCUT2D eigenvalue weighted by Crippen LogP contribution is 2.18. The van der Waals surface area contributed by atoms with Crippen molar-refractivity contribution in [1.29, 1.82) is 0 Å². The first kappa shape index (κ1) is 7.92. The average Bonchev–Trinajstić information content (AvgIpc) is 1.93. The molecule has 1 radical (unpaired) electrons. The summed E-state index contributed by atoms with van der Waals surface area (Å²) in [6.07, 6.45) is 0. The largest absolute Gasteiger partial charge is 0.617 e. The standard InChI is InChI=1S/C5HCl3NO/c6-3-1-2-4(7)9(10)5(3)8/h2H. The number of halogens is 3. The number of hydrogen-bond acceptors (Lipinski definition) is 1. The van der Waals surface area contributed by atoms with E-state index >= 15 is 0 Å². The minimum atomic E-state index is -0.158. The van der Waals surface area contributed by atoms with Gasteiger partial charge in [-0.05, 0) is 23.2 Å². The van der Waals surface area contributed by atoms with E-state index in [1.54, 1.807) is 0 Å². The third kappa shape index (κ3) is 1.29. The number of aromatic nitrogens is 1. The van der Waals surface area contributed by atoms with Crippen LogP contribution < -0.4 is 4.73 Å². The van der Waals surface area contributed by atoms with Gasteiger partial charge in [0.1, 0.15) is 5.02 Å². The smallest absolute Gasteiger partial charge is 0.307 e. The van der Waals surface area contributed by atoms with Gasteiger partial charge in [0.05, 0.1) is 0 Å². The Kier molecular flexibility index (Phi) is 2.24. The molecule has 0 atom stereocenters. The lowest BCUT2D eigenvalue weighted by Gasteiger charge is -1.99. The molecule has 5 heteroatoms. The van der Waals surface area contributed by atoms with Gasteiger partial charge in [0.15, 0.2) is 0 Å². The zero-order valence-electron chi connectivity index (χ0n) is 4.57. The fraction of sp³-hybridized carbons (Fsp3) is 0. The Bertz CT molecular complexity index is 236. The normalized spacial score (nSPS) is 9.90. The molecule has 0 spiro atoms. The van der Waals surface area contributed by atoms with Gasteiger partial charge < -0.3 is 5.21 Å². The highest BCUT2D eigenvalue weighted by Gasteiger charge is 2.11. The maximum atomic E-state index is 10.7. The van der Waals surface area contributed by atoms with Crippen molar-refractivity contribution in [1.82, 2.24) is 0 Å². The van der Waals surface area contributed by atoms with Crippen molar-refractivity contribution in [2.75, 3.05) is 0 Å². The first-order valence-corrected chi connectivity index (χ1v) is 3.41. The van der Waals surface area contributed by atoms with E-state index < -0.39 is 0 Å². The van der Waals surface area contributed by atoms with Crippen molar-refractivity contribution in [2.45, 2.75) is 0 Å². The first-order chi connectivity index (χ1) is 4.63. The molecule has 0 fully saturated rings. The molecule has 0 aliphatic carbocycles. The summed E-state index contributed by atoms with van der Waals surface area (Å²) in [6.45, 7) is 0. The molecule has 10 heavy (non-hydrogen) atoms. The summed E-state index contributed by atoms with van der Waals surface area (Å²) in [5, 5.41) is 10.6. The van der Waals surface area contributed by atoms with Crippen LogP contribution in [0.4, 0.5) is 0 Å². The number of hydrogen-bond donors (Lipinski definition) is 0. The topological polar surface area (TPSA) is 26.9 Å². The zero-order chi connectivity index (χ0) is 7.72.